The molecule has 1 amide bonds. The van der Waals surface area contributed by atoms with Crippen LogP contribution in [0.1, 0.15) is 10.4 Å². The predicted molar refractivity (Wildman–Crippen MR) is 120 cm³/mol. The minimum absolute atomic E-state index is 0.251. The van der Waals surface area contributed by atoms with Crippen molar-refractivity contribution in [3.05, 3.63) is 88.6 Å². The van der Waals surface area contributed by atoms with Crippen molar-refractivity contribution in [1.29, 1.82) is 0 Å². The molecule has 0 spiro atoms. The molecule has 0 aliphatic rings. The Bertz CT molecular complexity index is 1200. The van der Waals surface area contributed by atoms with Gasteiger partial charge in [0.25, 0.3) is 5.91 Å². The van der Waals surface area contributed by atoms with Gasteiger partial charge < -0.3 is 10.6 Å². The summed E-state index contributed by atoms with van der Waals surface area (Å²) >= 11 is 3.48. The van der Waals surface area contributed by atoms with E-state index in [-0.39, 0.29) is 11.7 Å². The number of hydrogen-bond donors (Lipinski definition) is 2. The summed E-state index contributed by atoms with van der Waals surface area (Å²) in [6, 6.07) is 21.0. The number of nitrogens with zero attached hydrogens (tertiary/aromatic N) is 2. The summed E-state index contributed by atoms with van der Waals surface area (Å²) in [7, 11) is 0. The summed E-state index contributed by atoms with van der Waals surface area (Å²) in [5.41, 5.74) is 2.16. The Kier molecular flexibility index (Phi) is 5.99. The maximum atomic E-state index is 13.0. The van der Waals surface area contributed by atoms with Gasteiger partial charge in [-0.3, -0.25) is 4.79 Å². The molecule has 1 aromatic heterocycles. The van der Waals surface area contributed by atoms with Crippen LogP contribution in [0.2, 0.25) is 0 Å². The summed E-state index contributed by atoms with van der Waals surface area (Å²) < 4.78 is 13.9. The second-order valence-electron chi connectivity index (χ2n) is 6.61. The highest BCUT2D eigenvalue weighted by atomic mass is 79.9. The second kappa shape index (κ2) is 9.00. The summed E-state index contributed by atoms with van der Waals surface area (Å²) in [5, 5.41) is 7.01. The van der Waals surface area contributed by atoms with Gasteiger partial charge in [0.15, 0.2) is 5.82 Å². The second-order valence-corrected chi connectivity index (χ2v) is 7.53. The van der Waals surface area contributed by atoms with Crippen molar-refractivity contribution in [3.8, 4) is 11.4 Å². The van der Waals surface area contributed by atoms with E-state index < -0.39 is 0 Å². The predicted octanol–water partition coefficient (Wildman–Crippen LogP) is 5.04. The number of halogens is 2. The maximum Gasteiger partial charge on any atom is 0.251 e. The number of amides is 1. The Labute approximate surface area is 181 Å². The van der Waals surface area contributed by atoms with Gasteiger partial charge in [-0.1, -0.05) is 40.2 Å². The summed E-state index contributed by atoms with van der Waals surface area (Å²) in [6.07, 6.45) is 0. The molecule has 2 N–H and O–H groups in total. The first-order chi connectivity index (χ1) is 14.6. The van der Waals surface area contributed by atoms with Gasteiger partial charge in [0.05, 0.1) is 5.52 Å². The average molecular weight is 465 g/mol. The van der Waals surface area contributed by atoms with Gasteiger partial charge in [0.2, 0.25) is 0 Å². The van der Waals surface area contributed by atoms with Crippen LogP contribution in [0, 0.1) is 5.82 Å². The highest BCUT2D eigenvalue weighted by Gasteiger charge is 2.10. The number of para-hydroxylation sites is 1. The molecular formula is C23H18BrFN4O. The number of nitrogens with one attached hydrogen (secondary N) is 2. The number of fused-ring (bicyclic) bond motifs is 1. The fraction of sp³-hybridized carbons (Fsp3) is 0.0870. The zero-order chi connectivity index (χ0) is 20.9. The third-order valence-electron chi connectivity index (χ3n) is 4.50. The fourth-order valence-corrected chi connectivity index (χ4v) is 3.43. The van der Waals surface area contributed by atoms with Crippen LogP contribution in [0.5, 0.6) is 0 Å². The average Bonchev–Trinajstić information content (AvgIpc) is 2.76. The van der Waals surface area contributed by atoms with Gasteiger partial charge in [-0.05, 0) is 48.5 Å². The van der Waals surface area contributed by atoms with Gasteiger partial charge >= 0.3 is 0 Å². The summed E-state index contributed by atoms with van der Waals surface area (Å²) in [4.78, 5) is 21.5. The molecule has 0 saturated carbocycles. The van der Waals surface area contributed by atoms with Gasteiger partial charge in [-0.25, -0.2) is 14.4 Å². The first-order valence-electron chi connectivity index (χ1n) is 9.40. The molecule has 0 bridgehead atoms. The largest absolute Gasteiger partial charge is 0.368 e. The summed E-state index contributed by atoms with van der Waals surface area (Å²) in [6.45, 7) is 0.868. The van der Waals surface area contributed by atoms with Crippen LogP contribution >= 0.6 is 15.9 Å². The van der Waals surface area contributed by atoms with Crippen molar-refractivity contribution >= 4 is 38.6 Å². The lowest BCUT2D eigenvalue weighted by atomic mass is 10.2. The standard InChI is InChI=1S/C23H18BrFN4O/c24-17-5-3-4-16(14-17)21-28-20-7-2-1-6-19(20)22(29-21)26-12-13-27-23(30)15-8-10-18(25)11-9-15/h1-11,14H,12-13H2,(H,27,30)(H,26,28,29). The van der Waals surface area contributed by atoms with Crippen molar-refractivity contribution in [3.63, 3.8) is 0 Å². The van der Waals surface area contributed by atoms with Crippen LogP contribution in [0.15, 0.2) is 77.3 Å². The number of benzene rings is 3. The normalized spacial score (nSPS) is 10.7. The van der Waals surface area contributed by atoms with Crippen molar-refractivity contribution in [1.82, 2.24) is 15.3 Å². The third-order valence-corrected chi connectivity index (χ3v) is 4.99. The number of hydrogen-bond acceptors (Lipinski definition) is 4. The molecule has 0 saturated heterocycles. The monoisotopic (exact) mass is 464 g/mol. The number of carbonyl (C=O) groups is 1. The van der Waals surface area contributed by atoms with Crippen molar-refractivity contribution in [2.75, 3.05) is 18.4 Å². The maximum absolute atomic E-state index is 13.0. The topological polar surface area (TPSA) is 66.9 Å². The molecule has 0 unspecified atom stereocenters. The minimum Gasteiger partial charge on any atom is -0.368 e. The van der Waals surface area contributed by atoms with E-state index in [1.165, 1.54) is 24.3 Å². The van der Waals surface area contributed by atoms with Crippen LogP contribution in [-0.2, 0) is 0 Å². The van der Waals surface area contributed by atoms with E-state index in [0.29, 0.717) is 30.3 Å². The highest BCUT2D eigenvalue weighted by Crippen LogP contribution is 2.26. The van der Waals surface area contributed by atoms with Crippen LogP contribution in [-0.4, -0.2) is 29.0 Å². The highest BCUT2D eigenvalue weighted by molar-refractivity contribution is 9.10. The van der Waals surface area contributed by atoms with Gasteiger partial charge in [0, 0.05) is 34.1 Å². The van der Waals surface area contributed by atoms with E-state index in [0.717, 1.165) is 20.9 Å². The lowest BCUT2D eigenvalue weighted by molar-refractivity contribution is 0.0955. The molecule has 3 aromatic carbocycles. The Morgan fingerprint density at radius 2 is 1.73 bits per heavy atom. The number of anilines is 1. The zero-order valence-corrected chi connectivity index (χ0v) is 17.5. The summed E-state index contributed by atoms with van der Waals surface area (Å²) in [5.74, 6) is 0.698. The fourth-order valence-electron chi connectivity index (χ4n) is 3.03. The molecule has 1 heterocycles. The lowest BCUT2D eigenvalue weighted by Gasteiger charge is -2.12. The number of aromatic nitrogens is 2. The van der Waals surface area contributed by atoms with Gasteiger partial charge in [-0.2, -0.15) is 0 Å². The molecule has 0 aliphatic heterocycles. The molecule has 4 aromatic rings. The van der Waals surface area contributed by atoms with Crippen molar-refractivity contribution < 1.29 is 9.18 Å². The molecule has 4 rings (SSSR count). The minimum atomic E-state index is -0.370. The Morgan fingerprint density at radius 3 is 2.53 bits per heavy atom. The Morgan fingerprint density at radius 1 is 0.933 bits per heavy atom. The van der Waals surface area contributed by atoms with Gasteiger partial charge in [-0.15, -0.1) is 0 Å². The molecule has 0 radical (unpaired) electrons. The molecule has 150 valence electrons. The smallest absolute Gasteiger partial charge is 0.251 e. The van der Waals surface area contributed by atoms with E-state index in [1.807, 2.05) is 48.5 Å². The first-order valence-corrected chi connectivity index (χ1v) is 10.2. The zero-order valence-electron chi connectivity index (χ0n) is 15.9. The van der Waals surface area contributed by atoms with E-state index in [9.17, 15) is 9.18 Å². The quantitative estimate of drug-likeness (QED) is 0.392. The van der Waals surface area contributed by atoms with Crippen LogP contribution in [0.3, 0.4) is 0 Å². The van der Waals surface area contributed by atoms with Crippen LogP contribution < -0.4 is 10.6 Å². The number of carbonyl (C=O) groups excluding carboxylic acids is 1. The molecule has 7 heteroatoms. The molecular weight excluding hydrogens is 447 g/mol. The van der Waals surface area contributed by atoms with E-state index in [1.54, 1.807) is 0 Å². The van der Waals surface area contributed by atoms with Crippen LogP contribution in [0.25, 0.3) is 22.3 Å². The van der Waals surface area contributed by atoms with Crippen molar-refractivity contribution in [2.45, 2.75) is 0 Å². The van der Waals surface area contributed by atoms with E-state index in [4.69, 9.17) is 4.98 Å². The number of rotatable bonds is 6. The third kappa shape index (κ3) is 4.63. The lowest BCUT2D eigenvalue weighted by Crippen LogP contribution is -2.29. The van der Waals surface area contributed by atoms with Crippen LogP contribution in [0.4, 0.5) is 10.2 Å². The first kappa shape index (κ1) is 20.0. The van der Waals surface area contributed by atoms with E-state index in [2.05, 4.69) is 31.5 Å². The molecule has 0 aliphatic carbocycles. The Hall–Kier alpha value is -3.32. The molecule has 30 heavy (non-hydrogen) atoms. The molecule has 0 atom stereocenters. The molecule has 5 nitrogen and oxygen atoms in total. The SMILES string of the molecule is O=C(NCCNc1nc(-c2cccc(Br)c2)nc2ccccc12)c1ccc(F)cc1. The van der Waals surface area contributed by atoms with E-state index >= 15 is 0 Å². The molecule has 0 fully saturated rings. The Balaban J connectivity index is 1.49. The van der Waals surface area contributed by atoms with Gasteiger partial charge in [0.1, 0.15) is 11.6 Å². The van der Waals surface area contributed by atoms with Crippen molar-refractivity contribution in [2.24, 2.45) is 0 Å².